The van der Waals surface area contributed by atoms with E-state index in [2.05, 4.69) is 0 Å². The molecule has 1 heterocycles. The van der Waals surface area contributed by atoms with Gasteiger partial charge in [0.15, 0.2) is 0 Å². The number of hydrogen-bond acceptors (Lipinski definition) is 2. The monoisotopic (exact) mass is 215 g/mol. The number of aliphatic carboxylic acids is 1. The smallest absolute Gasteiger partial charge is 0.343 e. The Labute approximate surface area is 87.1 Å². The van der Waals surface area contributed by atoms with E-state index in [0.717, 1.165) is 19.3 Å². The molecule has 1 saturated carbocycles. The lowest BCUT2D eigenvalue weighted by atomic mass is 9.84. The molecule has 84 valence electrons. The summed E-state index contributed by atoms with van der Waals surface area (Å²) < 4.78 is 13.6. The normalized spacial score (nSPS) is 31.4. The number of nitrogens with zero attached hydrogens (tertiary/aromatic N) is 1. The molecule has 2 aliphatic rings. The molecule has 1 aliphatic carbocycles. The standard InChI is InChI=1S/C10H14FNO3/c11-10(9(14)15)4-5-12(6-10)8(13)7-2-1-3-7/h7H,1-6H2,(H,14,15). The van der Waals surface area contributed by atoms with E-state index in [1.807, 2.05) is 0 Å². The first-order valence-corrected chi connectivity index (χ1v) is 5.24. The molecule has 0 aromatic rings. The van der Waals surface area contributed by atoms with Gasteiger partial charge in [0.25, 0.3) is 0 Å². The predicted molar refractivity (Wildman–Crippen MR) is 50.0 cm³/mol. The van der Waals surface area contributed by atoms with E-state index in [4.69, 9.17) is 5.11 Å². The largest absolute Gasteiger partial charge is 0.479 e. The second kappa shape index (κ2) is 3.47. The molecule has 0 radical (unpaired) electrons. The molecule has 4 nitrogen and oxygen atoms in total. The maximum Gasteiger partial charge on any atom is 0.343 e. The van der Waals surface area contributed by atoms with Crippen LogP contribution in [-0.2, 0) is 9.59 Å². The molecule has 0 aromatic carbocycles. The van der Waals surface area contributed by atoms with Gasteiger partial charge in [0.05, 0.1) is 6.54 Å². The van der Waals surface area contributed by atoms with Crippen molar-refractivity contribution >= 4 is 11.9 Å². The quantitative estimate of drug-likeness (QED) is 0.741. The Morgan fingerprint density at radius 3 is 2.47 bits per heavy atom. The molecule has 2 fully saturated rings. The lowest BCUT2D eigenvalue weighted by molar-refractivity contribution is -0.150. The van der Waals surface area contributed by atoms with Crippen LogP contribution in [-0.4, -0.2) is 40.6 Å². The maximum absolute atomic E-state index is 13.6. The Balaban J connectivity index is 1.97. The van der Waals surface area contributed by atoms with Crippen molar-refractivity contribution in [3.8, 4) is 0 Å². The topological polar surface area (TPSA) is 57.6 Å². The summed E-state index contributed by atoms with van der Waals surface area (Å²) in [4.78, 5) is 23.7. The van der Waals surface area contributed by atoms with Crippen LogP contribution in [0.3, 0.4) is 0 Å². The van der Waals surface area contributed by atoms with E-state index in [9.17, 15) is 14.0 Å². The predicted octanol–water partition coefficient (Wildman–Crippen LogP) is 0.812. The molecule has 1 atom stereocenters. The van der Waals surface area contributed by atoms with Crippen LogP contribution in [0.5, 0.6) is 0 Å². The number of carbonyl (C=O) groups excluding carboxylic acids is 1. The van der Waals surface area contributed by atoms with Crippen LogP contribution in [0.15, 0.2) is 0 Å². The minimum absolute atomic E-state index is 0.0149. The maximum atomic E-state index is 13.6. The highest BCUT2D eigenvalue weighted by Gasteiger charge is 2.48. The molecule has 1 aliphatic heterocycles. The highest BCUT2D eigenvalue weighted by molar-refractivity contribution is 5.83. The molecular formula is C10H14FNO3. The SMILES string of the molecule is O=C(C1CCC1)N1CCC(F)(C(=O)O)C1. The zero-order chi connectivity index (χ0) is 11.1. The van der Waals surface area contributed by atoms with Crippen molar-refractivity contribution in [3.05, 3.63) is 0 Å². The van der Waals surface area contributed by atoms with E-state index in [1.54, 1.807) is 0 Å². The lowest BCUT2D eigenvalue weighted by Crippen LogP contribution is -2.42. The summed E-state index contributed by atoms with van der Waals surface area (Å²) in [6, 6.07) is 0. The summed E-state index contributed by atoms with van der Waals surface area (Å²) in [5.41, 5.74) is -2.22. The molecule has 15 heavy (non-hydrogen) atoms. The summed E-state index contributed by atoms with van der Waals surface area (Å²) in [5.74, 6) is -1.51. The van der Waals surface area contributed by atoms with Crippen LogP contribution in [0.1, 0.15) is 25.7 Å². The first-order chi connectivity index (χ1) is 7.03. The third kappa shape index (κ3) is 1.70. The zero-order valence-electron chi connectivity index (χ0n) is 8.41. The van der Waals surface area contributed by atoms with Crippen molar-refractivity contribution in [2.45, 2.75) is 31.4 Å². The van der Waals surface area contributed by atoms with E-state index in [1.165, 1.54) is 4.90 Å². The van der Waals surface area contributed by atoms with Crippen LogP contribution in [0.4, 0.5) is 4.39 Å². The fraction of sp³-hybridized carbons (Fsp3) is 0.800. The number of alkyl halides is 1. The molecule has 2 rings (SSSR count). The van der Waals surface area contributed by atoms with Gasteiger partial charge in [-0.3, -0.25) is 4.79 Å². The molecule has 0 spiro atoms. The highest BCUT2D eigenvalue weighted by atomic mass is 19.1. The zero-order valence-corrected chi connectivity index (χ0v) is 8.41. The lowest BCUT2D eigenvalue weighted by Gasteiger charge is -2.29. The number of likely N-dealkylation sites (tertiary alicyclic amines) is 1. The van der Waals surface area contributed by atoms with Crippen LogP contribution >= 0.6 is 0 Å². The summed E-state index contributed by atoms with van der Waals surface area (Å²) in [6.45, 7) is -0.0458. The van der Waals surface area contributed by atoms with Gasteiger partial charge in [-0.1, -0.05) is 6.42 Å². The van der Waals surface area contributed by atoms with Gasteiger partial charge < -0.3 is 10.0 Å². The summed E-state index contributed by atoms with van der Waals surface area (Å²) in [5, 5.41) is 8.67. The number of halogens is 1. The average Bonchev–Trinajstić information content (AvgIpc) is 2.46. The summed E-state index contributed by atoms with van der Waals surface area (Å²) >= 11 is 0. The van der Waals surface area contributed by atoms with Gasteiger partial charge in [-0.25, -0.2) is 9.18 Å². The molecule has 1 N–H and O–H groups in total. The van der Waals surface area contributed by atoms with Crippen molar-refractivity contribution in [2.75, 3.05) is 13.1 Å². The third-order valence-corrected chi connectivity index (χ3v) is 3.37. The summed E-state index contributed by atoms with van der Waals surface area (Å²) in [7, 11) is 0. The number of carbonyl (C=O) groups is 2. The Hall–Kier alpha value is -1.13. The van der Waals surface area contributed by atoms with E-state index in [0.29, 0.717) is 0 Å². The molecule has 0 aromatic heterocycles. The van der Waals surface area contributed by atoms with Crippen LogP contribution in [0.25, 0.3) is 0 Å². The Bertz CT molecular complexity index is 303. The Kier molecular flexibility index (Phi) is 2.40. The van der Waals surface area contributed by atoms with Crippen molar-refractivity contribution in [3.63, 3.8) is 0 Å². The van der Waals surface area contributed by atoms with Crippen LogP contribution in [0.2, 0.25) is 0 Å². The van der Waals surface area contributed by atoms with Gasteiger partial charge in [0.1, 0.15) is 0 Å². The van der Waals surface area contributed by atoms with Gasteiger partial charge >= 0.3 is 5.97 Å². The van der Waals surface area contributed by atoms with Crippen molar-refractivity contribution in [2.24, 2.45) is 5.92 Å². The third-order valence-electron chi connectivity index (χ3n) is 3.37. The number of hydrogen-bond donors (Lipinski definition) is 1. The average molecular weight is 215 g/mol. The minimum Gasteiger partial charge on any atom is -0.479 e. The number of rotatable bonds is 2. The first kappa shape index (κ1) is 10.4. The van der Waals surface area contributed by atoms with Crippen molar-refractivity contribution < 1.29 is 19.1 Å². The van der Waals surface area contributed by atoms with Crippen LogP contribution < -0.4 is 0 Å². The molecule has 1 saturated heterocycles. The molecule has 1 unspecified atom stereocenters. The van der Waals surface area contributed by atoms with E-state index >= 15 is 0 Å². The second-order valence-corrected chi connectivity index (χ2v) is 4.41. The Morgan fingerprint density at radius 1 is 1.40 bits per heavy atom. The van der Waals surface area contributed by atoms with E-state index in [-0.39, 0.29) is 31.3 Å². The molecule has 1 amide bonds. The van der Waals surface area contributed by atoms with Gasteiger partial charge in [-0.05, 0) is 12.8 Å². The molecule has 0 bridgehead atoms. The van der Waals surface area contributed by atoms with Gasteiger partial charge in [0.2, 0.25) is 11.6 Å². The fourth-order valence-electron chi connectivity index (χ4n) is 2.05. The number of carboxylic acids is 1. The van der Waals surface area contributed by atoms with E-state index < -0.39 is 11.6 Å². The Morgan fingerprint density at radius 2 is 2.07 bits per heavy atom. The minimum atomic E-state index is -2.22. The van der Waals surface area contributed by atoms with Crippen molar-refractivity contribution in [1.82, 2.24) is 4.90 Å². The highest BCUT2D eigenvalue weighted by Crippen LogP contribution is 2.32. The first-order valence-electron chi connectivity index (χ1n) is 5.24. The van der Waals surface area contributed by atoms with Gasteiger partial charge in [-0.2, -0.15) is 0 Å². The second-order valence-electron chi connectivity index (χ2n) is 4.41. The van der Waals surface area contributed by atoms with Crippen LogP contribution in [0, 0.1) is 5.92 Å². The molecule has 5 heteroatoms. The number of carboxylic acid groups (broad SMARTS) is 1. The fourth-order valence-corrected chi connectivity index (χ4v) is 2.05. The molecular weight excluding hydrogens is 201 g/mol. The van der Waals surface area contributed by atoms with Gasteiger partial charge in [-0.15, -0.1) is 0 Å². The summed E-state index contributed by atoms with van der Waals surface area (Å²) in [6.07, 6.45) is 2.69. The van der Waals surface area contributed by atoms with Gasteiger partial charge in [0, 0.05) is 18.9 Å². The van der Waals surface area contributed by atoms with Crippen molar-refractivity contribution in [1.29, 1.82) is 0 Å². The number of amides is 1.